The van der Waals surface area contributed by atoms with Crippen molar-refractivity contribution in [3.05, 3.63) is 0 Å². The monoisotopic (exact) mass is 1380 g/mol. The Hall–Kier alpha value is -1.94. The predicted octanol–water partition coefficient (Wildman–Crippen LogP) is 21.7. The van der Waals surface area contributed by atoms with Crippen LogP contribution in [-0.2, 0) is 65.4 Å². The highest BCUT2D eigenvalue weighted by Crippen LogP contribution is 2.45. The molecule has 0 aromatic heterocycles. The summed E-state index contributed by atoms with van der Waals surface area (Å²) in [5.41, 5.74) is 0. The van der Waals surface area contributed by atoms with Gasteiger partial charge in [0.1, 0.15) is 19.3 Å². The van der Waals surface area contributed by atoms with E-state index in [-0.39, 0.29) is 25.7 Å². The van der Waals surface area contributed by atoms with Crippen molar-refractivity contribution in [2.75, 3.05) is 39.6 Å². The molecule has 5 atom stereocenters. The van der Waals surface area contributed by atoms with E-state index in [1.165, 1.54) is 173 Å². The molecule has 0 amide bonds. The van der Waals surface area contributed by atoms with Gasteiger partial charge in [0.2, 0.25) is 0 Å². The third-order valence-corrected chi connectivity index (χ3v) is 19.2. The Bertz CT molecular complexity index is 1850. The minimum atomic E-state index is -4.96. The fourth-order valence-corrected chi connectivity index (χ4v) is 13.0. The van der Waals surface area contributed by atoms with Crippen LogP contribution in [0.25, 0.3) is 0 Å². The molecule has 0 spiro atoms. The summed E-state index contributed by atoms with van der Waals surface area (Å²) in [6.45, 7) is 14.1. The fourth-order valence-electron chi connectivity index (χ4n) is 11.4. The molecule has 0 saturated carbocycles. The first-order valence-electron chi connectivity index (χ1n) is 38.7. The number of rotatable bonds is 72. The van der Waals surface area contributed by atoms with Gasteiger partial charge >= 0.3 is 39.5 Å². The number of ether oxygens (including phenoxy) is 4. The minimum Gasteiger partial charge on any atom is -0.462 e. The first-order chi connectivity index (χ1) is 45.1. The Morgan fingerprint density at radius 1 is 0.266 bits per heavy atom. The standard InChI is InChI=1S/C75H146O17P2/c1-65(2)51-43-35-27-21-15-13-11-9-10-12-14-16-25-31-41-49-57-74(79)91-70(61-85-72(77)55-47-39-30-24-19-17-22-28-36-44-52-66(3)4)63-89-93(81,82)87-59-69(76)60-88-94(83,84)90-64-71(62-86-73(78)56-48-40-34-33-38-46-54-68(7)8)92-75(80)58-50-42-32-26-20-18-23-29-37-45-53-67(5)6/h65-71,76H,9-64H2,1-8H3,(H,81,82)(H,83,84)/t69-,70-,71-/m1/s1. The lowest BCUT2D eigenvalue weighted by Crippen LogP contribution is -2.30. The first kappa shape index (κ1) is 92.1. The van der Waals surface area contributed by atoms with Gasteiger partial charge in [0.05, 0.1) is 26.4 Å². The zero-order chi connectivity index (χ0) is 69.6. The van der Waals surface area contributed by atoms with E-state index in [1.807, 2.05) is 0 Å². The molecule has 94 heavy (non-hydrogen) atoms. The maximum absolute atomic E-state index is 13.1. The van der Waals surface area contributed by atoms with Crippen LogP contribution in [0.15, 0.2) is 0 Å². The Kier molecular flexibility index (Phi) is 63.1. The van der Waals surface area contributed by atoms with Gasteiger partial charge in [0.15, 0.2) is 12.2 Å². The minimum absolute atomic E-state index is 0.104. The number of phosphoric acid groups is 2. The van der Waals surface area contributed by atoms with Gasteiger partial charge in [-0.3, -0.25) is 37.3 Å². The Morgan fingerprint density at radius 2 is 0.447 bits per heavy atom. The van der Waals surface area contributed by atoms with Crippen LogP contribution in [0.3, 0.4) is 0 Å². The largest absolute Gasteiger partial charge is 0.472 e. The molecule has 558 valence electrons. The Labute approximate surface area is 575 Å². The molecular formula is C75H146O17P2. The van der Waals surface area contributed by atoms with E-state index in [9.17, 15) is 43.2 Å². The van der Waals surface area contributed by atoms with Crippen LogP contribution in [0.1, 0.15) is 376 Å². The van der Waals surface area contributed by atoms with Crippen LogP contribution in [-0.4, -0.2) is 96.7 Å². The van der Waals surface area contributed by atoms with Crippen molar-refractivity contribution < 1.29 is 80.2 Å². The normalized spacial score (nSPS) is 14.2. The summed E-state index contributed by atoms with van der Waals surface area (Å²) >= 11 is 0. The molecule has 19 heteroatoms. The highest BCUT2D eigenvalue weighted by molar-refractivity contribution is 7.47. The van der Waals surface area contributed by atoms with Crippen LogP contribution < -0.4 is 0 Å². The molecule has 0 aromatic carbocycles. The molecule has 0 radical (unpaired) electrons. The van der Waals surface area contributed by atoms with Crippen molar-refractivity contribution in [2.24, 2.45) is 23.7 Å². The number of aliphatic hydroxyl groups excluding tert-OH is 1. The molecular weight excluding hydrogens is 1230 g/mol. The third kappa shape index (κ3) is 68.6. The number of carbonyl (C=O) groups excluding carboxylic acids is 4. The van der Waals surface area contributed by atoms with Crippen molar-refractivity contribution in [2.45, 2.75) is 395 Å². The van der Waals surface area contributed by atoms with Crippen molar-refractivity contribution in [1.29, 1.82) is 0 Å². The van der Waals surface area contributed by atoms with Gasteiger partial charge in [0, 0.05) is 25.7 Å². The van der Waals surface area contributed by atoms with Gasteiger partial charge in [-0.05, 0) is 49.4 Å². The van der Waals surface area contributed by atoms with Crippen molar-refractivity contribution >= 4 is 39.5 Å². The number of hydrogen-bond acceptors (Lipinski definition) is 15. The third-order valence-electron chi connectivity index (χ3n) is 17.3. The van der Waals surface area contributed by atoms with Gasteiger partial charge in [-0.1, -0.05) is 325 Å². The highest BCUT2D eigenvalue weighted by atomic mass is 31.2. The van der Waals surface area contributed by atoms with E-state index in [4.69, 9.17) is 37.0 Å². The number of hydrogen-bond donors (Lipinski definition) is 3. The topological polar surface area (TPSA) is 237 Å². The van der Waals surface area contributed by atoms with Gasteiger partial charge in [0.25, 0.3) is 0 Å². The summed E-state index contributed by atoms with van der Waals surface area (Å²) in [7, 11) is -9.91. The van der Waals surface area contributed by atoms with E-state index in [0.717, 1.165) is 114 Å². The summed E-state index contributed by atoms with van der Waals surface area (Å²) in [5, 5.41) is 10.6. The molecule has 0 aliphatic carbocycles. The molecule has 0 aliphatic rings. The first-order valence-corrected chi connectivity index (χ1v) is 41.7. The van der Waals surface area contributed by atoms with E-state index in [1.54, 1.807) is 0 Å². The van der Waals surface area contributed by atoms with Crippen molar-refractivity contribution in [3.63, 3.8) is 0 Å². The molecule has 0 fully saturated rings. The number of esters is 4. The van der Waals surface area contributed by atoms with E-state index >= 15 is 0 Å². The molecule has 0 bridgehead atoms. The Morgan fingerprint density at radius 3 is 0.660 bits per heavy atom. The smallest absolute Gasteiger partial charge is 0.462 e. The average Bonchev–Trinajstić information content (AvgIpc) is 1.39. The van der Waals surface area contributed by atoms with Crippen LogP contribution >= 0.6 is 15.6 Å². The number of carbonyl (C=O) groups is 4. The van der Waals surface area contributed by atoms with Crippen LogP contribution in [0.2, 0.25) is 0 Å². The molecule has 2 unspecified atom stereocenters. The lowest BCUT2D eigenvalue weighted by Gasteiger charge is -2.21. The van der Waals surface area contributed by atoms with E-state index in [2.05, 4.69) is 55.4 Å². The van der Waals surface area contributed by atoms with E-state index < -0.39 is 97.5 Å². The fraction of sp³-hybridized carbons (Fsp3) is 0.947. The quantitative estimate of drug-likeness (QED) is 0.0222. The molecule has 0 aliphatic heterocycles. The summed E-state index contributed by atoms with van der Waals surface area (Å²) in [6, 6.07) is 0. The maximum atomic E-state index is 13.1. The SMILES string of the molecule is CC(C)CCCCCCCCCCCCCCCCCCC(=O)O[C@H](COC(=O)CCCCCCCCCCCCC(C)C)COP(=O)(O)OC[C@@H](O)COP(=O)(O)OC[C@@H](COC(=O)CCCCCCCCC(C)C)OC(=O)CCCCCCCCCCCCC(C)C. The van der Waals surface area contributed by atoms with Gasteiger partial charge < -0.3 is 33.8 Å². The zero-order valence-corrected chi connectivity index (χ0v) is 63.4. The van der Waals surface area contributed by atoms with Crippen molar-refractivity contribution in [1.82, 2.24) is 0 Å². The van der Waals surface area contributed by atoms with Gasteiger partial charge in [-0.2, -0.15) is 0 Å². The predicted molar refractivity (Wildman–Crippen MR) is 381 cm³/mol. The van der Waals surface area contributed by atoms with Gasteiger partial charge in [-0.25, -0.2) is 9.13 Å². The lowest BCUT2D eigenvalue weighted by molar-refractivity contribution is -0.161. The number of aliphatic hydroxyl groups is 1. The summed E-state index contributed by atoms with van der Waals surface area (Å²) in [4.78, 5) is 72.7. The van der Waals surface area contributed by atoms with Crippen LogP contribution in [0.5, 0.6) is 0 Å². The van der Waals surface area contributed by atoms with Crippen LogP contribution in [0.4, 0.5) is 0 Å². The Balaban J connectivity index is 5.22. The second-order valence-corrected chi connectivity index (χ2v) is 31.9. The summed E-state index contributed by atoms with van der Waals surface area (Å²) in [5.74, 6) is 0.875. The molecule has 0 heterocycles. The second kappa shape index (κ2) is 64.4. The molecule has 0 aromatic rings. The molecule has 3 N–H and O–H groups in total. The summed E-state index contributed by atoms with van der Waals surface area (Å²) in [6.07, 6.45) is 48.8. The summed E-state index contributed by atoms with van der Waals surface area (Å²) < 4.78 is 68.4. The molecule has 17 nitrogen and oxygen atoms in total. The van der Waals surface area contributed by atoms with Crippen LogP contribution in [0, 0.1) is 23.7 Å². The number of unbranched alkanes of at least 4 members (excludes halogenated alkanes) is 38. The number of phosphoric ester groups is 2. The van der Waals surface area contributed by atoms with Crippen molar-refractivity contribution in [3.8, 4) is 0 Å². The van der Waals surface area contributed by atoms with Gasteiger partial charge in [-0.15, -0.1) is 0 Å². The average molecular weight is 1380 g/mol. The van der Waals surface area contributed by atoms with E-state index in [0.29, 0.717) is 31.6 Å². The highest BCUT2D eigenvalue weighted by Gasteiger charge is 2.30. The molecule has 0 saturated heterocycles. The lowest BCUT2D eigenvalue weighted by atomic mass is 10.0. The molecule has 0 rings (SSSR count). The maximum Gasteiger partial charge on any atom is 0.472 e. The zero-order valence-electron chi connectivity index (χ0n) is 61.6. The second-order valence-electron chi connectivity index (χ2n) is 28.9.